The van der Waals surface area contributed by atoms with E-state index in [1.54, 1.807) is 0 Å². The minimum atomic E-state index is -0.950. The fourth-order valence-corrected chi connectivity index (χ4v) is 1.09. The first-order valence-corrected chi connectivity index (χ1v) is 4.39. The number of carbonyl (C=O) groups is 2. The summed E-state index contributed by atoms with van der Waals surface area (Å²) in [6.07, 6.45) is 5.34. The highest BCUT2D eigenvalue weighted by atomic mass is 16.2. The molecule has 0 atom stereocenters. The van der Waals surface area contributed by atoms with Gasteiger partial charge in [0.15, 0.2) is 0 Å². The summed E-state index contributed by atoms with van der Waals surface area (Å²) in [5, 5.41) is 0. The molecule has 1 fully saturated rings. The molecule has 13 heavy (non-hydrogen) atoms. The molecular formula is C9H14N2O2. The average Bonchev–Trinajstić information content (AvgIpc) is 2.83. The van der Waals surface area contributed by atoms with Crippen molar-refractivity contribution in [3.63, 3.8) is 0 Å². The maximum absolute atomic E-state index is 10.8. The van der Waals surface area contributed by atoms with Crippen LogP contribution in [0.1, 0.15) is 25.7 Å². The van der Waals surface area contributed by atoms with Gasteiger partial charge in [-0.2, -0.15) is 0 Å². The number of nitrogens with two attached hydrogens (primary N) is 2. The van der Waals surface area contributed by atoms with Gasteiger partial charge in [-0.15, -0.1) is 0 Å². The van der Waals surface area contributed by atoms with Crippen molar-refractivity contribution in [3.8, 4) is 0 Å². The Labute approximate surface area is 77.0 Å². The number of rotatable bonds is 5. The molecule has 4 heteroatoms. The average molecular weight is 182 g/mol. The highest BCUT2D eigenvalue weighted by molar-refractivity contribution is 6.40. The SMILES string of the molecule is NC(=O)C(=O)/C=C(\N)CCC1CC1. The molecule has 0 spiro atoms. The predicted octanol–water partition coefficient (Wildman–Crippen LogP) is 0.0736. The molecule has 0 heterocycles. The number of carbonyl (C=O) groups excluding carboxylic acids is 2. The number of allylic oxidation sites excluding steroid dienone is 1. The summed E-state index contributed by atoms with van der Waals surface area (Å²) < 4.78 is 0. The second-order valence-corrected chi connectivity index (χ2v) is 3.43. The topological polar surface area (TPSA) is 86.2 Å². The molecule has 72 valence electrons. The first-order valence-electron chi connectivity index (χ1n) is 4.39. The van der Waals surface area contributed by atoms with Crippen molar-refractivity contribution in [2.45, 2.75) is 25.7 Å². The van der Waals surface area contributed by atoms with Gasteiger partial charge in [0.1, 0.15) is 0 Å². The van der Waals surface area contributed by atoms with Crippen LogP contribution in [-0.2, 0) is 9.59 Å². The molecule has 0 bridgehead atoms. The van der Waals surface area contributed by atoms with E-state index in [4.69, 9.17) is 11.5 Å². The summed E-state index contributed by atoms with van der Waals surface area (Å²) in [5.41, 5.74) is 10.7. The van der Waals surface area contributed by atoms with Gasteiger partial charge in [-0.05, 0) is 18.8 Å². The Morgan fingerprint density at radius 1 is 1.31 bits per heavy atom. The van der Waals surface area contributed by atoms with Gasteiger partial charge in [0.2, 0.25) is 5.78 Å². The van der Waals surface area contributed by atoms with Crippen LogP contribution >= 0.6 is 0 Å². The van der Waals surface area contributed by atoms with Crippen LogP contribution in [0.3, 0.4) is 0 Å². The molecule has 4 N–H and O–H groups in total. The molecule has 1 saturated carbocycles. The zero-order valence-corrected chi connectivity index (χ0v) is 7.45. The molecule has 1 aliphatic rings. The lowest BCUT2D eigenvalue weighted by Gasteiger charge is -1.98. The normalized spacial score (nSPS) is 17.1. The molecule has 0 aromatic carbocycles. The molecule has 0 aliphatic heterocycles. The van der Waals surface area contributed by atoms with Gasteiger partial charge >= 0.3 is 0 Å². The highest BCUT2D eigenvalue weighted by Crippen LogP contribution is 2.33. The first-order chi connectivity index (χ1) is 6.09. The predicted molar refractivity (Wildman–Crippen MR) is 48.4 cm³/mol. The van der Waals surface area contributed by atoms with Crippen LogP contribution < -0.4 is 11.5 Å². The molecule has 0 saturated heterocycles. The van der Waals surface area contributed by atoms with Crippen LogP contribution in [0, 0.1) is 5.92 Å². The second kappa shape index (κ2) is 4.07. The summed E-state index contributed by atoms with van der Waals surface area (Å²) in [6.45, 7) is 0. The lowest BCUT2D eigenvalue weighted by molar-refractivity contribution is -0.133. The second-order valence-electron chi connectivity index (χ2n) is 3.43. The minimum Gasteiger partial charge on any atom is -0.402 e. The number of hydrogen-bond acceptors (Lipinski definition) is 3. The summed E-state index contributed by atoms with van der Waals surface area (Å²) in [7, 11) is 0. The number of primary amides is 1. The molecule has 1 amide bonds. The molecule has 0 aromatic rings. The van der Waals surface area contributed by atoms with Gasteiger partial charge in [-0.25, -0.2) is 0 Å². The fraction of sp³-hybridized carbons (Fsp3) is 0.556. The van der Waals surface area contributed by atoms with E-state index in [-0.39, 0.29) is 0 Å². The highest BCUT2D eigenvalue weighted by Gasteiger charge is 2.20. The third-order valence-electron chi connectivity index (χ3n) is 2.10. The Bertz CT molecular complexity index is 254. The monoisotopic (exact) mass is 182 g/mol. The van der Waals surface area contributed by atoms with Gasteiger partial charge in [0.05, 0.1) is 0 Å². The fourth-order valence-electron chi connectivity index (χ4n) is 1.09. The third kappa shape index (κ3) is 3.73. The van der Waals surface area contributed by atoms with Crippen molar-refractivity contribution >= 4 is 11.7 Å². The number of amides is 1. The van der Waals surface area contributed by atoms with Crippen molar-refractivity contribution in [2.75, 3.05) is 0 Å². The van der Waals surface area contributed by atoms with E-state index in [9.17, 15) is 9.59 Å². The van der Waals surface area contributed by atoms with E-state index in [2.05, 4.69) is 0 Å². The van der Waals surface area contributed by atoms with E-state index in [1.165, 1.54) is 12.8 Å². The summed E-state index contributed by atoms with van der Waals surface area (Å²) in [4.78, 5) is 21.1. The van der Waals surface area contributed by atoms with Crippen LogP contribution in [0.4, 0.5) is 0 Å². The van der Waals surface area contributed by atoms with Crippen molar-refractivity contribution in [1.29, 1.82) is 0 Å². The molecule has 0 radical (unpaired) electrons. The Morgan fingerprint density at radius 3 is 2.38 bits per heavy atom. The molecule has 4 nitrogen and oxygen atoms in total. The zero-order chi connectivity index (χ0) is 9.84. The van der Waals surface area contributed by atoms with Gasteiger partial charge in [0.25, 0.3) is 5.91 Å². The van der Waals surface area contributed by atoms with Crippen molar-refractivity contribution in [1.82, 2.24) is 0 Å². The van der Waals surface area contributed by atoms with E-state index < -0.39 is 11.7 Å². The molecule has 0 unspecified atom stereocenters. The molecule has 1 aliphatic carbocycles. The largest absolute Gasteiger partial charge is 0.402 e. The van der Waals surface area contributed by atoms with E-state index >= 15 is 0 Å². The smallest absolute Gasteiger partial charge is 0.289 e. The third-order valence-corrected chi connectivity index (χ3v) is 2.10. The van der Waals surface area contributed by atoms with Crippen molar-refractivity contribution < 1.29 is 9.59 Å². The van der Waals surface area contributed by atoms with Crippen LogP contribution in [0.2, 0.25) is 0 Å². The van der Waals surface area contributed by atoms with Crippen molar-refractivity contribution in [3.05, 3.63) is 11.8 Å². The number of hydrogen-bond donors (Lipinski definition) is 2. The standard InChI is InChI=1S/C9H14N2O2/c10-7(4-3-6-1-2-6)5-8(12)9(11)13/h5-6H,1-4,10H2,(H2,11,13)/b7-5-. The Morgan fingerprint density at radius 2 is 1.92 bits per heavy atom. The van der Waals surface area contributed by atoms with Gasteiger partial charge in [-0.1, -0.05) is 12.8 Å². The maximum Gasteiger partial charge on any atom is 0.289 e. The van der Waals surface area contributed by atoms with Crippen LogP contribution in [-0.4, -0.2) is 11.7 Å². The van der Waals surface area contributed by atoms with Gasteiger partial charge in [0, 0.05) is 11.8 Å². The van der Waals surface area contributed by atoms with E-state index in [1.807, 2.05) is 0 Å². The van der Waals surface area contributed by atoms with Crippen molar-refractivity contribution in [2.24, 2.45) is 17.4 Å². The van der Waals surface area contributed by atoms with Crippen LogP contribution in [0.15, 0.2) is 11.8 Å². The van der Waals surface area contributed by atoms with Gasteiger partial charge in [-0.3, -0.25) is 9.59 Å². The van der Waals surface area contributed by atoms with E-state index in [0.717, 1.165) is 18.4 Å². The lowest BCUT2D eigenvalue weighted by Crippen LogP contribution is -2.22. The Balaban J connectivity index is 2.30. The molecule has 1 rings (SSSR count). The maximum atomic E-state index is 10.8. The van der Waals surface area contributed by atoms with E-state index in [0.29, 0.717) is 12.1 Å². The quantitative estimate of drug-likeness (QED) is 0.466. The lowest BCUT2D eigenvalue weighted by atomic mass is 10.1. The first kappa shape index (κ1) is 9.77. The summed E-state index contributed by atoms with van der Waals surface area (Å²) >= 11 is 0. The Hall–Kier alpha value is -1.32. The summed E-state index contributed by atoms with van der Waals surface area (Å²) in [6, 6.07) is 0. The molecule has 0 aromatic heterocycles. The van der Waals surface area contributed by atoms with Crippen LogP contribution in [0.25, 0.3) is 0 Å². The molecular weight excluding hydrogens is 168 g/mol. The Kier molecular flexibility index (Phi) is 3.06. The number of ketones is 1. The minimum absolute atomic E-state index is 0.454. The van der Waals surface area contributed by atoms with Gasteiger partial charge < -0.3 is 11.5 Å². The zero-order valence-electron chi connectivity index (χ0n) is 7.45. The summed E-state index contributed by atoms with van der Waals surface area (Å²) in [5.74, 6) is -0.890. The van der Waals surface area contributed by atoms with Crippen LogP contribution in [0.5, 0.6) is 0 Å².